The second-order valence-corrected chi connectivity index (χ2v) is 3.92. The van der Waals surface area contributed by atoms with Gasteiger partial charge in [0.05, 0.1) is 12.8 Å². The van der Waals surface area contributed by atoms with Gasteiger partial charge in [-0.1, -0.05) is 30.3 Å². The van der Waals surface area contributed by atoms with Crippen molar-refractivity contribution >= 4 is 11.8 Å². The smallest absolute Gasteiger partial charge is 0.244 e. The van der Waals surface area contributed by atoms with E-state index >= 15 is 0 Å². The van der Waals surface area contributed by atoms with Gasteiger partial charge in [-0.05, 0) is 5.56 Å². The number of aromatic nitrogens is 3. The number of hydrogen-bond donors (Lipinski definition) is 2. The van der Waals surface area contributed by atoms with Crippen LogP contribution in [0.25, 0.3) is 0 Å². The predicted octanol–water partition coefficient (Wildman–Crippen LogP) is 1.54. The highest BCUT2D eigenvalue weighted by molar-refractivity contribution is 5.37. The van der Waals surface area contributed by atoms with E-state index in [4.69, 9.17) is 4.74 Å². The van der Waals surface area contributed by atoms with Crippen LogP contribution in [-0.4, -0.2) is 35.4 Å². The molecule has 100 valence electrons. The molecule has 0 spiro atoms. The SMILES string of the molecule is COCCNc1nncc(NCc2ccccc2)n1. The summed E-state index contributed by atoms with van der Waals surface area (Å²) in [6, 6.07) is 10.1. The lowest BCUT2D eigenvalue weighted by Gasteiger charge is -2.07. The van der Waals surface area contributed by atoms with E-state index in [1.165, 1.54) is 5.56 Å². The lowest BCUT2D eigenvalue weighted by molar-refractivity contribution is 0.210. The van der Waals surface area contributed by atoms with E-state index in [0.717, 1.165) is 0 Å². The molecule has 0 unspecified atom stereocenters. The average molecular weight is 259 g/mol. The van der Waals surface area contributed by atoms with Gasteiger partial charge in [-0.15, -0.1) is 5.10 Å². The van der Waals surface area contributed by atoms with E-state index in [9.17, 15) is 0 Å². The fraction of sp³-hybridized carbons (Fsp3) is 0.308. The zero-order valence-electron chi connectivity index (χ0n) is 10.8. The Labute approximate surface area is 112 Å². The van der Waals surface area contributed by atoms with E-state index < -0.39 is 0 Å². The molecule has 2 N–H and O–H groups in total. The van der Waals surface area contributed by atoms with Crippen LogP contribution in [0.5, 0.6) is 0 Å². The zero-order valence-corrected chi connectivity index (χ0v) is 10.8. The van der Waals surface area contributed by atoms with Crippen LogP contribution in [-0.2, 0) is 11.3 Å². The molecule has 0 aliphatic rings. The standard InChI is InChI=1S/C13H17N5O/c1-19-8-7-14-13-17-12(10-16-18-13)15-9-11-5-3-2-4-6-11/h2-6,10H,7-9H2,1H3,(H2,14,15,17,18). The molecule has 2 aromatic rings. The Hall–Kier alpha value is -2.21. The molecule has 0 bridgehead atoms. The van der Waals surface area contributed by atoms with Gasteiger partial charge in [-0.25, -0.2) is 0 Å². The predicted molar refractivity (Wildman–Crippen MR) is 74.0 cm³/mol. The molecule has 0 aliphatic heterocycles. The van der Waals surface area contributed by atoms with Crippen molar-refractivity contribution < 1.29 is 4.74 Å². The number of benzene rings is 1. The lowest BCUT2D eigenvalue weighted by atomic mass is 10.2. The van der Waals surface area contributed by atoms with Crippen LogP contribution in [0.1, 0.15) is 5.56 Å². The van der Waals surface area contributed by atoms with Gasteiger partial charge in [-0.2, -0.15) is 10.1 Å². The van der Waals surface area contributed by atoms with E-state index in [2.05, 4.69) is 37.9 Å². The first-order valence-corrected chi connectivity index (χ1v) is 6.09. The van der Waals surface area contributed by atoms with Gasteiger partial charge in [0.2, 0.25) is 5.95 Å². The molecule has 0 atom stereocenters. The lowest BCUT2D eigenvalue weighted by Crippen LogP contribution is -2.12. The fourth-order valence-corrected chi connectivity index (χ4v) is 1.52. The molecule has 0 aliphatic carbocycles. The summed E-state index contributed by atoms with van der Waals surface area (Å²) in [6.07, 6.45) is 1.60. The van der Waals surface area contributed by atoms with Crippen LogP contribution in [0.2, 0.25) is 0 Å². The van der Waals surface area contributed by atoms with Gasteiger partial charge >= 0.3 is 0 Å². The van der Waals surface area contributed by atoms with Crippen molar-refractivity contribution in [3.8, 4) is 0 Å². The summed E-state index contributed by atoms with van der Waals surface area (Å²) in [6.45, 7) is 1.96. The third kappa shape index (κ3) is 4.51. The van der Waals surface area contributed by atoms with Crippen molar-refractivity contribution in [2.75, 3.05) is 30.9 Å². The van der Waals surface area contributed by atoms with Crippen LogP contribution in [0.15, 0.2) is 36.5 Å². The van der Waals surface area contributed by atoms with Crippen molar-refractivity contribution in [3.63, 3.8) is 0 Å². The largest absolute Gasteiger partial charge is 0.383 e. The van der Waals surface area contributed by atoms with Crippen molar-refractivity contribution in [1.82, 2.24) is 15.2 Å². The Balaban J connectivity index is 1.88. The summed E-state index contributed by atoms with van der Waals surface area (Å²) in [5.41, 5.74) is 1.19. The molecular formula is C13H17N5O. The Morgan fingerprint density at radius 1 is 1.16 bits per heavy atom. The summed E-state index contributed by atoms with van der Waals surface area (Å²) in [7, 11) is 1.65. The molecule has 6 heteroatoms. The minimum absolute atomic E-state index is 0.495. The van der Waals surface area contributed by atoms with E-state index in [-0.39, 0.29) is 0 Å². The number of ether oxygens (including phenoxy) is 1. The molecule has 1 aromatic heterocycles. The van der Waals surface area contributed by atoms with E-state index in [1.807, 2.05) is 18.2 Å². The Morgan fingerprint density at radius 2 is 2.00 bits per heavy atom. The third-order valence-corrected chi connectivity index (χ3v) is 2.46. The minimum Gasteiger partial charge on any atom is -0.383 e. The van der Waals surface area contributed by atoms with Gasteiger partial charge in [0.25, 0.3) is 0 Å². The number of nitrogens with zero attached hydrogens (tertiary/aromatic N) is 3. The quantitative estimate of drug-likeness (QED) is 0.735. The molecule has 0 saturated carbocycles. The van der Waals surface area contributed by atoms with Gasteiger partial charge in [0, 0.05) is 20.2 Å². The van der Waals surface area contributed by atoms with Crippen molar-refractivity contribution in [1.29, 1.82) is 0 Å². The monoisotopic (exact) mass is 259 g/mol. The molecule has 1 heterocycles. The molecule has 0 amide bonds. The molecule has 0 saturated heterocycles. The molecule has 2 rings (SSSR count). The number of methoxy groups -OCH3 is 1. The van der Waals surface area contributed by atoms with Gasteiger partial charge in [0.15, 0.2) is 5.82 Å². The summed E-state index contributed by atoms with van der Waals surface area (Å²) in [4.78, 5) is 4.31. The Bertz CT molecular complexity index is 491. The number of hydrogen-bond acceptors (Lipinski definition) is 6. The fourth-order valence-electron chi connectivity index (χ4n) is 1.52. The minimum atomic E-state index is 0.495. The normalized spacial score (nSPS) is 10.2. The molecule has 0 radical (unpaired) electrons. The number of rotatable bonds is 7. The van der Waals surface area contributed by atoms with E-state index in [0.29, 0.717) is 31.5 Å². The highest BCUT2D eigenvalue weighted by atomic mass is 16.5. The first-order chi connectivity index (χ1) is 9.38. The summed E-state index contributed by atoms with van der Waals surface area (Å²) in [5.74, 6) is 1.19. The Kier molecular flexibility index (Phi) is 5.06. The number of nitrogens with one attached hydrogen (secondary N) is 2. The molecule has 1 aromatic carbocycles. The summed E-state index contributed by atoms with van der Waals surface area (Å²) < 4.78 is 4.95. The van der Waals surface area contributed by atoms with Crippen LogP contribution < -0.4 is 10.6 Å². The molecule has 0 fully saturated rings. The maximum atomic E-state index is 4.95. The van der Waals surface area contributed by atoms with Gasteiger partial charge in [-0.3, -0.25) is 0 Å². The van der Waals surface area contributed by atoms with Crippen molar-refractivity contribution in [2.24, 2.45) is 0 Å². The molecular weight excluding hydrogens is 242 g/mol. The summed E-state index contributed by atoms with van der Waals surface area (Å²) in [5, 5.41) is 14.0. The van der Waals surface area contributed by atoms with Crippen molar-refractivity contribution in [2.45, 2.75) is 6.54 Å². The second-order valence-electron chi connectivity index (χ2n) is 3.92. The molecule has 19 heavy (non-hydrogen) atoms. The highest BCUT2D eigenvalue weighted by Crippen LogP contribution is 2.06. The second kappa shape index (κ2) is 7.27. The maximum Gasteiger partial charge on any atom is 0.244 e. The topological polar surface area (TPSA) is 72.0 Å². The van der Waals surface area contributed by atoms with E-state index in [1.54, 1.807) is 13.3 Å². The van der Waals surface area contributed by atoms with Crippen LogP contribution >= 0.6 is 0 Å². The maximum absolute atomic E-state index is 4.95. The van der Waals surface area contributed by atoms with Crippen LogP contribution in [0, 0.1) is 0 Å². The zero-order chi connectivity index (χ0) is 13.3. The molecule has 6 nitrogen and oxygen atoms in total. The number of anilines is 2. The van der Waals surface area contributed by atoms with Gasteiger partial charge in [0.1, 0.15) is 0 Å². The third-order valence-electron chi connectivity index (χ3n) is 2.46. The first kappa shape index (κ1) is 13.2. The van der Waals surface area contributed by atoms with Crippen LogP contribution in [0.3, 0.4) is 0 Å². The highest BCUT2D eigenvalue weighted by Gasteiger charge is 1.99. The first-order valence-electron chi connectivity index (χ1n) is 6.09. The van der Waals surface area contributed by atoms with Crippen LogP contribution in [0.4, 0.5) is 11.8 Å². The van der Waals surface area contributed by atoms with Gasteiger partial charge < -0.3 is 15.4 Å². The summed E-state index contributed by atoms with van der Waals surface area (Å²) >= 11 is 0. The Morgan fingerprint density at radius 3 is 2.79 bits per heavy atom. The van der Waals surface area contributed by atoms with Crippen molar-refractivity contribution in [3.05, 3.63) is 42.1 Å². The average Bonchev–Trinajstić information content (AvgIpc) is 2.47.